The molecule has 1 unspecified atom stereocenters. The van der Waals surface area contributed by atoms with Gasteiger partial charge in [0.25, 0.3) is 10.0 Å². The number of methoxy groups -OCH3 is 1. The summed E-state index contributed by atoms with van der Waals surface area (Å²) in [6, 6.07) is 9.77. The van der Waals surface area contributed by atoms with Gasteiger partial charge in [-0.3, -0.25) is 9.10 Å². The summed E-state index contributed by atoms with van der Waals surface area (Å²) in [5.41, 5.74) is 2.41. The Morgan fingerprint density at radius 1 is 1.15 bits per heavy atom. The molecule has 2 aliphatic rings. The number of aliphatic hydroxyl groups is 1. The number of carbonyl (C=O) groups is 1. The maximum Gasteiger partial charge on any atom is 0.264 e. The highest BCUT2D eigenvalue weighted by atomic mass is 32.2. The van der Waals surface area contributed by atoms with E-state index in [0.717, 1.165) is 5.69 Å². The fourth-order valence-corrected chi connectivity index (χ4v) is 5.20. The van der Waals surface area contributed by atoms with Crippen LogP contribution in [-0.2, 0) is 21.2 Å². The zero-order valence-electron chi connectivity index (χ0n) is 15.0. The maximum atomic E-state index is 13.3. The van der Waals surface area contributed by atoms with E-state index >= 15 is 0 Å². The summed E-state index contributed by atoms with van der Waals surface area (Å²) in [5, 5.41) is 10.3. The van der Waals surface area contributed by atoms with Crippen LogP contribution in [-0.4, -0.2) is 40.1 Å². The average Bonchev–Trinajstić information content (AvgIpc) is 2.95. The number of aliphatic hydroxyl groups excluding tert-OH is 1. The number of hydrogen-bond donors (Lipinski definition) is 1. The van der Waals surface area contributed by atoms with Crippen LogP contribution >= 0.6 is 0 Å². The second kappa shape index (κ2) is 6.24. The molecule has 4 rings (SSSR count). The highest BCUT2D eigenvalue weighted by Gasteiger charge is 2.34. The minimum Gasteiger partial charge on any atom is -0.497 e. The van der Waals surface area contributed by atoms with E-state index in [-0.39, 0.29) is 23.8 Å². The number of amides is 1. The Hall–Kier alpha value is -2.58. The van der Waals surface area contributed by atoms with E-state index in [9.17, 15) is 18.3 Å². The molecule has 1 amide bonds. The smallest absolute Gasteiger partial charge is 0.264 e. The third-order valence-electron chi connectivity index (χ3n) is 5.19. The topological polar surface area (TPSA) is 87.2 Å². The number of fused-ring (bicyclic) bond motifs is 2. The fraction of sp³-hybridized carbons (Fsp3) is 0.316. The molecule has 0 fully saturated rings. The molecule has 0 bridgehead atoms. The van der Waals surface area contributed by atoms with E-state index in [1.807, 2.05) is 0 Å². The van der Waals surface area contributed by atoms with Crippen molar-refractivity contribution in [3.8, 4) is 5.75 Å². The van der Waals surface area contributed by atoms with Crippen molar-refractivity contribution in [2.75, 3.05) is 29.9 Å². The Bertz CT molecular complexity index is 1030. The first-order valence-corrected chi connectivity index (χ1v) is 10.0. The van der Waals surface area contributed by atoms with Crippen LogP contribution in [0.1, 0.15) is 23.7 Å². The van der Waals surface area contributed by atoms with Crippen LogP contribution < -0.4 is 13.9 Å². The van der Waals surface area contributed by atoms with E-state index in [1.165, 1.54) is 22.4 Å². The molecule has 1 N–H and O–H groups in total. The summed E-state index contributed by atoms with van der Waals surface area (Å²) in [6.45, 7) is 0.166. The molecular weight excluding hydrogens is 368 g/mol. The SMILES string of the molecule is COc1ccc2c(c1)N(S(=O)(=O)c1ccc3c(c1)CC(=O)N3C)CCC2O. The Labute approximate surface area is 157 Å². The summed E-state index contributed by atoms with van der Waals surface area (Å²) in [6.07, 6.45) is -0.216. The number of ether oxygens (including phenoxy) is 1. The zero-order chi connectivity index (χ0) is 19.3. The molecule has 7 nitrogen and oxygen atoms in total. The summed E-state index contributed by atoms with van der Waals surface area (Å²) in [4.78, 5) is 13.6. The molecule has 2 aromatic rings. The maximum absolute atomic E-state index is 13.3. The third kappa shape index (κ3) is 2.76. The van der Waals surface area contributed by atoms with Gasteiger partial charge in [-0.05, 0) is 36.2 Å². The molecule has 2 aromatic carbocycles. The van der Waals surface area contributed by atoms with Crippen molar-refractivity contribution in [1.29, 1.82) is 0 Å². The quantitative estimate of drug-likeness (QED) is 0.867. The summed E-state index contributed by atoms with van der Waals surface area (Å²) in [7, 11) is -0.658. The summed E-state index contributed by atoms with van der Waals surface area (Å²) in [5.74, 6) is 0.458. The molecule has 0 spiro atoms. The normalized spacial score (nSPS) is 19.1. The van der Waals surface area contributed by atoms with Gasteiger partial charge >= 0.3 is 0 Å². The first kappa shape index (κ1) is 17.8. The van der Waals surface area contributed by atoms with Gasteiger partial charge in [0, 0.05) is 30.9 Å². The molecule has 1 atom stereocenters. The van der Waals surface area contributed by atoms with Crippen LogP contribution in [0.15, 0.2) is 41.3 Å². The van der Waals surface area contributed by atoms with Crippen molar-refractivity contribution in [1.82, 2.24) is 0 Å². The predicted octanol–water partition coefficient (Wildman–Crippen LogP) is 1.85. The Morgan fingerprint density at radius 2 is 1.93 bits per heavy atom. The Morgan fingerprint density at radius 3 is 2.67 bits per heavy atom. The van der Waals surface area contributed by atoms with E-state index < -0.39 is 16.1 Å². The van der Waals surface area contributed by atoms with Crippen LogP contribution in [0.4, 0.5) is 11.4 Å². The number of sulfonamides is 1. The van der Waals surface area contributed by atoms with Gasteiger partial charge in [0.15, 0.2) is 0 Å². The van der Waals surface area contributed by atoms with Crippen molar-refractivity contribution in [3.05, 3.63) is 47.5 Å². The van der Waals surface area contributed by atoms with Crippen molar-refractivity contribution >= 4 is 27.3 Å². The van der Waals surface area contributed by atoms with Gasteiger partial charge in [0.1, 0.15) is 5.75 Å². The van der Waals surface area contributed by atoms with E-state index in [1.54, 1.807) is 37.4 Å². The number of anilines is 2. The van der Waals surface area contributed by atoms with Crippen LogP contribution in [0.25, 0.3) is 0 Å². The third-order valence-corrected chi connectivity index (χ3v) is 7.00. The molecule has 2 aliphatic heterocycles. The second-order valence-corrected chi connectivity index (χ2v) is 8.59. The minimum atomic E-state index is -3.84. The van der Waals surface area contributed by atoms with Crippen LogP contribution in [0.3, 0.4) is 0 Å². The molecule has 27 heavy (non-hydrogen) atoms. The lowest BCUT2D eigenvalue weighted by molar-refractivity contribution is -0.117. The molecule has 0 saturated heterocycles. The van der Waals surface area contributed by atoms with E-state index in [0.29, 0.717) is 29.0 Å². The summed E-state index contributed by atoms with van der Waals surface area (Å²) < 4.78 is 33.2. The van der Waals surface area contributed by atoms with Gasteiger partial charge in [-0.15, -0.1) is 0 Å². The average molecular weight is 388 g/mol. The number of hydrogen-bond acceptors (Lipinski definition) is 5. The lowest BCUT2D eigenvalue weighted by Gasteiger charge is -2.33. The fourth-order valence-electron chi connectivity index (χ4n) is 3.65. The van der Waals surface area contributed by atoms with Crippen molar-refractivity contribution in [2.24, 2.45) is 0 Å². The largest absolute Gasteiger partial charge is 0.497 e. The lowest BCUT2D eigenvalue weighted by Crippen LogP contribution is -2.36. The molecule has 8 heteroatoms. The highest BCUT2D eigenvalue weighted by molar-refractivity contribution is 7.92. The molecule has 2 heterocycles. The van der Waals surface area contributed by atoms with Gasteiger partial charge in [-0.25, -0.2) is 8.42 Å². The second-order valence-electron chi connectivity index (χ2n) is 6.73. The predicted molar refractivity (Wildman–Crippen MR) is 101 cm³/mol. The number of benzene rings is 2. The molecule has 142 valence electrons. The zero-order valence-corrected chi connectivity index (χ0v) is 15.9. The Balaban J connectivity index is 1.79. The molecule has 0 radical (unpaired) electrons. The number of rotatable bonds is 3. The first-order valence-electron chi connectivity index (χ1n) is 8.61. The molecule has 0 saturated carbocycles. The highest BCUT2D eigenvalue weighted by Crippen LogP contribution is 2.40. The number of likely N-dealkylation sites (N-methyl/N-ethyl adjacent to an activating group) is 1. The first-order chi connectivity index (χ1) is 12.8. The van der Waals surface area contributed by atoms with Crippen molar-refractivity contribution in [3.63, 3.8) is 0 Å². The van der Waals surface area contributed by atoms with Crippen molar-refractivity contribution in [2.45, 2.75) is 23.8 Å². The Kier molecular flexibility index (Phi) is 4.12. The standard InChI is InChI=1S/C19H20N2O5S/c1-20-16-6-4-14(9-12(16)10-19(20)23)27(24,25)21-8-7-18(22)15-5-3-13(26-2)11-17(15)21/h3-6,9,11,18,22H,7-8,10H2,1-2H3. The molecule has 0 aliphatic carbocycles. The van der Waals surface area contributed by atoms with Gasteiger partial charge in [-0.1, -0.05) is 6.07 Å². The van der Waals surface area contributed by atoms with Gasteiger partial charge in [0.05, 0.1) is 30.2 Å². The van der Waals surface area contributed by atoms with Gasteiger partial charge in [-0.2, -0.15) is 0 Å². The van der Waals surface area contributed by atoms with Crippen molar-refractivity contribution < 1.29 is 23.1 Å². The summed E-state index contributed by atoms with van der Waals surface area (Å²) >= 11 is 0. The van der Waals surface area contributed by atoms with Crippen LogP contribution in [0.5, 0.6) is 5.75 Å². The van der Waals surface area contributed by atoms with Crippen LogP contribution in [0.2, 0.25) is 0 Å². The monoisotopic (exact) mass is 388 g/mol. The van der Waals surface area contributed by atoms with E-state index in [4.69, 9.17) is 4.74 Å². The van der Waals surface area contributed by atoms with E-state index in [2.05, 4.69) is 0 Å². The van der Waals surface area contributed by atoms with Gasteiger partial charge < -0.3 is 14.7 Å². The van der Waals surface area contributed by atoms with Gasteiger partial charge in [0.2, 0.25) is 5.91 Å². The number of carbonyl (C=O) groups excluding carboxylic acids is 1. The minimum absolute atomic E-state index is 0.0595. The van der Waals surface area contributed by atoms with Crippen LogP contribution in [0, 0.1) is 0 Å². The molecule has 0 aromatic heterocycles. The lowest BCUT2D eigenvalue weighted by atomic mass is 10.0. The number of nitrogens with zero attached hydrogens (tertiary/aromatic N) is 2. The molecular formula is C19H20N2O5S.